The predicted octanol–water partition coefficient (Wildman–Crippen LogP) is 3.35. The molecule has 2 N–H and O–H groups in total. The molecule has 0 radical (unpaired) electrons. The number of amides is 1. The second-order valence-electron chi connectivity index (χ2n) is 7.11. The summed E-state index contributed by atoms with van der Waals surface area (Å²) in [7, 11) is 0. The molecule has 0 aliphatic heterocycles. The molecule has 3 aromatic rings. The summed E-state index contributed by atoms with van der Waals surface area (Å²) in [6.45, 7) is 6.41. The molecule has 1 aromatic carbocycles. The third-order valence-electron chi connectivity index (χ3n) is 4.53. The largest absolute Gasteiger partial charge is 0.480 e. The van der Waals surface area contributed by atoms with Crippen molar-refractivity contribution in [3.8, 4) is 11.3 Å². The maximum absolute atomic E-state index is 13.0. The van der Waals surface area contributed by atoms with Gasteiger partial charge in [-0.05, 0) is 25.3 Å². The second kappa shape index (κ2) is 8.21. The van der Waals surface area contributed by atoms with Crippen molar-refractivity contribution in [2.24, 2.45) is 5.92 Å². The van der Waals surface area contributed by atoms with Crippen LogP contribution in [0.1, 0.15) is 37.6 Å². The number of nitrogens with one attached hydrogen (secondary N) is 1. The third-order valence-corrected chi connectivity index (χ3v) is 4.53. The van der Waals surface area contributed by atoms with Gasteiger partial charge in [0.05, 0.1) is 22.8 Å². The number of fused-ring (bicyclic) bond motifs is 1. The van der Waals surface area contributed by atoms with Gasteiger partial charge in [0, 0.05) is 12.1 Å². The highest BCUT2D eigenvalue weighted by molar-refractivity contribution is 6.07. The molecule has 2 heterocycles. The standard InChI is InChI=1S/C21H24N4O3/c1-4-25-19-16(12-22-25)15(11-17(23-19)14-8-6-5-7-9-14)20(26)24-18(21(27)28)10-13(2)3/h5-9,11-13,18H,4,10H2,1-3H3,(H,24,26)(H,27,28)/t18-/m0/s1. The highest BCUT2D eigenvalue weighted by atomic mass is 16.4. The van der Waals surface area contributed by atoms with Gasteiger partial charge in [-0.3, -0.25) is 4.79 Å². The Balaban J connectivity index is 2.07. The van der Waals surface area contributed by atoms with Crippen LogP contribution in [0.4, 0.5) is 0 Å². The average molecular weight is 380 g/mol. The van der Waals surface area contributed by atoms with Gasteiger partial charge in [-0.1, -0.05) is 44.2 Å². The Morgan fingerprint density at radius 1 is 1.21 bits per heavy atom. The van der Waals surface area contributed by atoms with Gasteiger partial charge in [0.2, 0.25) is 0 Å². The summed E-state index contributed by atoms with van der Waals surface area (Å²) in [5.74, 6) is -1.34. The molecule has 146 valence electrons. The molecule has 7 heteroatoms. The number of carbonyl (C=O) groups is 2. The van der Waals surface area contributed by atoms with E-state index in [4.69, 9.17) is 0 Å². The first-order valence-corrected chi connectivity index (χ1v) is 9.36. The van der Waals surface area contributed by atoms with Crippen LogP contribution in [0.15, 0.2) is 42.6 Å². The van der Waals surface area contributed by atoms with Crippen LogP contribution in [0.2, 0.25) is 0 Å². The van der Waals surface area contributed by atoms with Crippen molar-refractivity contribution in [2.75, 3.05) is 0 Å². The summed E-state index contributed by atoms with van der Waals surface area (Å²) < 4.78 is 1.72. The van der Waals surface area contributed by atoms with E-state index in [2.05, 4.69) is 15.4 Å². The number of hydrogen-bond donors (Lipinski definition) is 2. The predicted molar refractivity (Wildman–Crippen MR) is 107 cm³/mol. The minimum Gasteiger partial charge on any atom is -0.480 e. The van der Waals surface area contributed by atoms with Crippen molar-refractivity contribution < 1.29 is 14.7 Å². The molecule has 0 aliphatic rings. The molecular formula is C21H24N4O3. The van der Waals surface area contributed by atoms with Gasteiger partial charge < -0.3 is 10.4 Å². The Morgan fingerprint density at radius 2 is 1.93 bits per heavy atom. The maximum atomic E-state index is 13.0. The summed E-state index contributed by atoms with van der Waals surface area (Å²) in [4.78, 5) is 29.2. The molecule has 0 unspecified atom stereocenters. The molecule has 0 bridgehead atoms. The number of pyridine rings is 1. The molecular weight excluding hydrogens is 356 g/mol. The zero-order valence-electron chi connectivity index (χ0n) is 16.2. The van der Waals surface area contributed by atoms with E-state index < -0.39 is 17.9 Å². The smallest absolute Gasteiger partial charge is 0.326 e. The van der Waals surface area contributed by atoms with Gasteiger partial charge in [-0.15, -0.1) is 0 Å². The second-order valence-corrected chi connectivity index (χ2v) is 7.11. The monoisotopic (exact) mass is 380 g/mol. The molecule has 1 atom stereocenters. The van der Waals surface area contributed by atoms with Gasteiger partial charge in [-0.2, -0.15) is 5.10 Å². The van der Waals surface area contributed by atoms with Crippen LogP contribution in [0.5, 0.6) is 0 Å². The quantitative estimate of drug-likeness (QED) is 0.655. The topological polar surface area (TPSA) is 97.1 Å². The van der Waals surface area contributed by atoms with Gasteiger partial charge in [0.25, 0.3) is 5.91 Å². The van der Waals surface area contributed by atoms with E-state index in [1.54, 1.807) is 16.9 Å². The van der Waals surface area contributed by atoms with E-state index >= 15 is 0 Å². The molecule has 0 spiro atoms. The summed E-state index contributed by atoms with van der Waals surface area (Å²) in [6, 6.07) is 10.3. The first kappa shape index (κ1) is 19.5. The van der Waals surface area contributed by atoms with E-state index in [0.29, 0.717) is 35.3 Å². The zero-order valence-corrected chi connectivity index (χ0v) is 16.2. The van der Waals surface area contributed by atoms with Crippen LogP contribution in [-0.2, 0) is 11.3 Å². The van der Waals surface area contributed by atoms with Gasteiger partial charge in [0.15, 0.2) is 5.65 Å². The van der Waals surface area contributed by atoms with Crippen LogP contribution in [-0.4, -0.2) is 37.8 Å². The molecule has 3 rings (SSSR count). The molecule has 0 fully saturated rings. The first-order chi connectivity index (χ1) is 13.4. The number of hydrogen-bond acceptors (Lipinski definition) is 4. The lowest BCUT2D eigenvalue weighted by atomic mass is 10.0. The number of benzene rings is 1. The number of aryl methyl sites for hydroxylation is 1. The van der Waals surface area contributed by atoms with Crippen LogP contribution in [0.25, 0.3) is 22.3 Å². The number of carbonyl (C=O) groups excluding carboxylic acids is 1. The van der Waals surface area contributed by atoms with E-state index in [0.717, 1.165) is 5.56 Å². The number of nitrogens with zero attached hydrogens (tertiary/aromatic N) is 3. The van der Waals surface area contributed by atoms with Crippen molar-refractivity contribution in [2.45, 2.75) is 39.8 Å². The van der Waals surface area contributed by atoms with Crippen molar-refractivity contribution in [1.29, 1.82) is 0 Å². The highest BCUT2D eigenvalue weighted by Gasteiger charge is 2.24. The van der Waals surface area contributed by atoms with Crippen LogP contribution >= 0.6 is 0 Å². The number of carboxylic acids is 1. The first-order valence-electron chi connectivity index (χ1n) is 9.36. The Hall–Kier alpha value is -3.22. The molecule has 1 amide bonds. The molecule has 0 saturated heterocycles. The fourth-order valence-electron chi connectivity index (χ4n) is 3.15. The highest BCUT2D eigenvalue weighted by Crippen LogP contribution is 2.25. The lowest BCUT2D eigenvalue weighted by Gasteiger charge is -2.17. The Labute approximate surface area is 163 Å². The summed E-state index contributed by atoms with van der Waals surface area (Å²) in [5, 5.41) is 17.0. The molecule has 0 saturated carbocycles. The fraction of sp³-hybridized carbons (Fsp3) is 0.333. The van der Waals surface area contributed by atoms with Crippen LogP contribution in [0, 0.1) is 5.92 Å². The number of rotatable bonds is 7. The Kier molecular flexibility index (Phi) is 5.73. The Morgan fingerprint density at radius 3 is 2.54 bits per heavy atom. The van der Waals surface area contributed by atoms with Crippen molar-refractivity contribution in [3.63, 3.8) is 0 Å². The normalized spacial score (nSPS) is 12.3. The number of carboxylic acid groups (broad SMARTS) is 1. The molecule has 28 heavy (non-hydrogen) atoms. The van der Waals surface area contributed by atoms with Gasteiger partial charge >= 0.3 is 5.97 Å². The van der Waals surface area contributed by atoms with Crippen LogP contribution in [0.3, 0.4) is 0 Å². The van der Waals surface area contributed by atoms with E-state index in [9.17, 15) is 14.7 Å². The molecule has 7 nitrogen and oxygen atoms in total. The van der Waals surface area contributed by atoms with Crippen molar-refractivity contribution >= 4 is 22.9 Å². The maximum Gasteiger partial charge on any atom is 0.326 e. The third kappa shape index (κ3) is 4.03. The van der Waals surface area contributed by atoms with E-state index in [1.165, 1.54) is 0 Å². The van der Waals surface area contributed by atoms with Crippen LogP contribution < -0.4 is 5.32 Å². The molecule has 0 aliphatic carbocycles. The van der Waals surface area contributed by atoms with E-state index in [1.807, 2.05) is 51.1 Å². The lowest BCUT2D eigenvalue weighted by Crippen LogP contribution is -2.41. The SMILES string of the molecule is CCn1ncc2c(C(=O)N[C@@H](CC(C)C)C(=O)O)cc(-c3ccccc3)nc21. The van der Waals surface area contributed by atoms with Crippen molar-refractivity contribution in [3.05, 3.63) is 48.2 Å². The van der Waals surface area contributed by atoms with Gasteiger partial charge in [-0.25, -0.2) is 14.5 Å². The van der Waals surface area contributed by atoms with E-state index in [-0.39, 0.29) is 5.92 Å². The minimum absolute atomic E-state index is 0.140. The summed E-state index contributed by atoms with van der Waals surface area (Å²) >= 11 is 0. The summed E-state index contributed by atoms with van der Waals surface area (Å²) in [6.07, 6.45) is 1.96. The van der Waals surface area contributed by atoms with Crippen molar-refractivity contribution in [1.82, 2.24) is 20.1 Å². The average Bonchev–Trinajstić information content (AvgIpc) is 3.10. The number of aliphatic carboxylic acids is 1. The lowest BCUT2D eigenvalue weighted by molar-refractivity contribution is -0.139. The minimum atomic E-state index is -1.04. The van der Waals surface area contributed by atoms with Gasteiger partial charge in [0.1, 0.15) is 6.04 Å². The molecule has 2 aromatic heterocycles. The summed E-state index contributed by atoms with van der Waals surface area (Å²) in [5.41, 5.74) is 2.49. The zero-order chi connectivity index (χ0) is 20.3. The Bertz CT molecular complexity index is 996. The number of aromatic nitrogens is 3. The fourth-order valence-corrected chi connectivity index (χ4v) is 3.15.